The summed E-state index contributed by atoms with van der Waals surface area (Å²) in [6, 6.07) is 4.60. The van der Waals surface area contributed by atoms with E-state index in [0.717, 1.165) is 6.92 Å². The molecule has 0 aromatic heterocycles. The maximum absolute atomic E-state index is 12.9. The number of hydrogen-bond acceptors (Lipinski definition) is 0. The van der Waals surface area contributed by atoms with Gasteiger partial charge in [0.2, 0.25) is 0 Å². The third-order valence-electron chi connectivity index (χ3n) is 1.40. The van der Waals surface area contributed by atoms with Gasteiger partial charge in [0, 0.05) is 11.4 Å². The molecule has 1 aromatic carbocycles. The van der Waals surface area contributed by atoms with Crippen LogP contribution in [0, 0.1) is 0 Å². The topological polar surface area (TPSA) is 0 Å². The fourth-order valence-corrected chi connectivity index (χ4v) is 2.09. The third kappa shape index (κ3) is 1.96. The average Bonchev–Trinajstić information content (AvgIpc) is 1.82. The molecule has 0 N–H and O–H groups in total. The summed E-state index contributed by atoms with van der Waals surface area (Å²) in [5.74, 6) is -2.91. The van der Waals surface area contributed by atoms with Crippen molar-refractivity contribution in [3.8, 4) is 0 Å². The van der Waals surface area contributed by atoms with Gasteiger partial charge in [-0.15, -0.1) is 0 Å². The Labute approximate surface area is 82.7 Å². The fourth-order valence-electron chi connectivity index (χ4n) is 0.917. The SMILES string of the molecule is CC(F)(F)c1c(Cl)cccc1Br. The van der Waals surface area contributed by atoms with Crippen molar-refractivity contribution in [2.45, 2.75) is 12.8 Å². The van der Waals surface area contributed by atoms with E-state index in [9.17, 15) is 8.78 Å². The van der Waals surface area contributed by atoms with Gasteiger partial charge in [-0.2, -0.15) is 0 Å². The van der Waals surface area contributed by atoms with Crippen LogP contribution in [-0.2, 0) is 5.92 Å². The van der Waals surface area contributed by atoms with Crippen molar-refractivity contribution in [2.75, 3.05) is 0 Å². The summed E-state index contributed by atoms with van der Waals surface area (Å²) in [4.78, 5) is 0. The van der Waals surface area contributed by atoms with Crippen LogP contribution >= 0.6 is 27.5 Å². The lowest BCUT2D eigenvalue weighted by Crippen LogP contribution is -2.08. The number of alkyl halides is 2. The largest absolute Gasteiger partial charge is 0.273 e. The van der Waals surface area contributed by atoms with E-state index in [1.807, 2.05) is 0 Å². The molecule has 0 spiro atoms. The van der Waals surface area contributed by atoms with Crippen molar-refractivity contribution >= 4 is 27.5 Å². The van der Waals surface area contributed by atoms with Gasteiger partial charge in [0.1, 0.15) is 0 Å². The van der Waals surface area contributed by atoms with Gasteiger partial charge in [-0.3, -0.25) is 0 Å². The molecule has 1 aromatic rings. The van der Waals surface area contributed by atoms with Gasteiger partial charge >= 0.3 is 0 Å². The first kappa shape index (κ1) is 9.93. The Kier molecular flexibility index (Phi) is 2.74. The first-order chi connectivity index (χ1) is 5.43. The van der Waals surface area contributed by atoms with Crippen LogP contribution in [0.3, 0.4) is 0 Å². The summed E-state index contributed by atoms with van der Waals surface area (Å²) in [6.07, 6.45) is 0. The smallest absolute Gasteiger partial charge is 0.202 e. The van der Waals surface area contributed by atoms with E-state index in [4.69, 9.17) is 11.6 Å². The molecular weight excluding hydrogens is 249 g/mol. The van der Waals surface area contributed by atoms with E-state index in [1.165, 1.54) is 6.07 Å². The Bertz CT molecular complexity index is 273. The fraction of sp³-hybridized carbons (Fsp3) is 0.250. The number of halogens is 4. The van der Waals surface area contributed by atoms with Crippen LogP contribution in [-0.4, -0.2) is 0 Å². The quantitative estimate of drug-likeness (QED) is 0.705. The van der Waals surface area contributed by atoms with Crippen LogP contribution in [0.15, 0.2) is 22.7 Å². The van der Waals surface area contributed by atoms with Crippen LogP contribution in [0.25, 0.3) is 0 Å². The predicted molar refractivity (Wildman–Crippen MR) is 48.7 cm³/mol. The molecule has 0 amide bonds. The highest BCUT2D eigenvalue weighted by atomic mass is 79.9. The first-order valence-corrected chi connectivity index (χ1v) is 4.42. The molecule has 12 heavy (non-hydrogen) atoms. The molecule has 0 bridgehead atoms. The minimum atomic E-state index is -2.91. The average molecular weight is 255 g/mol. The molecule has 0 aliphatic heterocycles. The molecule has 0 aliphatic rings. The monoisotopic (exact) mass is 254 g/mol. The third-order valence-corrected chi connectivity index (χ3v) is 2.38. The van der Waals surface area contributed by atoms with Gasteiger partial charge in [-0.1, -0.05) is 33.6 Å². The number of benzene rings is 1. The minimum absolute atomic E-state index is 0.0804. The molecule has 0 aliphatic carbocycles. The number of hydrogen-bond donors (Lipinski definition) is 0. The van der Waals surface area contributed by atoms with Crippen molar-refractivity contribution in [3.05, 3.63) is 33.3 Å². The molecule has 0 nitrogen and oxygen atoms in total. The number of rotatable bonds is 1. The maximum Gasteiger partial charge on any atom is 0.273 e. The normalized spacial score (nSPS) is 11.8. The van der Waals surface area contributed by atoms with E-state index in [-0.39, 0.29) is 10.6 Å². The second kappa shape index (κ2) is 3.30. The Balaban J connectivity index is 3.31. The Morgan fingerprint density at radius 2 is 2.00 bits per heavy atom. The lowest BCUT2D eigenvalue weighted by atomic mass is 10.1. The van der Waals surface area contributed by atoms with Crippen molar-refractivity contribution in [1.29, 1.82) is 0 Å². The predicted octanol–water partition coefficient (Wildman–Crippen LogP) is 4.21. The van der Waals surface area contributed by atoms with E-state index in [2.05, 4.69) is 15.9 Å². The molecule has 0 heterocycles. The van der Waals surface area contributed by atoms with Gasteiger partial charge in [-0.05, 0) is 12.1 Å². The molecule has 1 rings (SSSR count). The molecule has 0 saturated carbocycles. The highest BCUT2D eigenvalue weighted by Crippen LogP contribution is 2.37. The highest BCUT2D eigenvalue weighted by Gasteiger charge is 2.29. The molecule has 0 saturated heterocycles. The van der Waals surface area contributed by atoms with E-state index >= 15 is 0 Å². The van der Waals surface area contributed by atoms with E-state index < -0.39 is 5.92 Å². The standard InChI is InChI=1S/C8H6BrClF2/c1-8(11,12)7-5(9)3-2-4-6(7)10/h2-4H,1H3. The van der Waals surface area contributed by atoms with Crippen molar-refractivity contribution in [1.82, 2.24) is 0 Å². The first-order valence-electron chi connectivity index (χ1n) is 3.25. The van der Waals surface area contributed by atoms with Gasteiger partial charge in [0.05, 0.1) is 10.6 Å². The zero-order valence-corrected chi connectivity index (χ0v) is 8.59. The van der Waals surface area contributed by atoms with Crippen LogP contribution in [0.1, 0.15) is 12.5 Å². The lowest BCUT2D eigenvalue weighted by molar-refractivity contribution is 0.0168. The summed E-state index contributed by atoms with van der Waals surface area (Å²) in [7, 11) is 0. The van der Waals surface area contributed by atoms with Crippen molar-refractivity contribution < 1.29 is 8.78 Å². The van der Waals surface area contributed by atoms with Gasteiger partial charge < -0.3 is 0 Å². The second-order valence-corrected chi connectivity index (χ2v) is 3.75. The zero-order valence-electron chi connectivity index (χ0n) is 6.24. The van der Waals surface area contributed by atoms with Gasteiger partial charge in [0.15, 0.2) is 0 Å². The molecule has 0 atom stereocenters. The second-order valence-electron chi connectivity index (χ2n) is 2.49. The zero-order chi connectivity index (χ0) is 9.35. The summed E-state index contributed by atoms with van der Waals surface area (Å²) >= 11 is 8.62. The maximum atomic E-state index is 12.9. The van der Waals surface area contributed by atoms with E-state index in [0.29, 0.717) is 4.47 Å². The van der Waals surface area contributed by atoms with Crippen LogP contribution in [0.5, 0.6) is 0 Å². The summed E-state index contributed by atoms with van der Waals surface area (Å²) in [5.41, 5.74) is -0.160. The lowest BCUT2D eigenvalue weighted by Gasteiger charge is -2.13. The minimum Gasteiger partial charge on any atom is -0.202 e. The Morgan fingerprint density at radius 1 is 1.42 bits per heavy atom. The van der Waals surface area contributed by atoms with Crippen LogP contribution in [0.4, 0.5) is 8.78 Å². The Morgan fingerprint density at radius 3 is 2.33 bits per heavy atom. The van der Waals surface area contributed by atoms with E-state index in [1.54, 1.807) is 12.1 Å². The summed E-state index contributed by atoms with van der Waals surface area (Å²) < 4.78 is 26.1. The molecular formula is C8H6BrClF2. The highest BCUT2D eigenvalue weighted by molar-refractivity contribution is 9.10. The summed E-state index contributed by atoms with van der Waals surface area (Å²) in [5, 5.41) is 0.0804. The van der Waals surface area contributed by atoms with Gasteiger partial charge in [-0.25, -0.2) is 8.78 Å². The summed E-state index contributed by atoms with van der Waals surface area (Å²) in [6.45, 7) is 0.818. The molecule has 0 radical (unpaired) electrons. The Hall–Kier alpha value is -0.150. The van der Waals surface area contributed by atoms with Crippen molar-refractivity contribution in [2.24, 2.45) is 0 Å². The van der Waals surface area contributed by atoms with Crippen LogP contribution < -0.4 is 0 Å². The van der Waals surface area contributed by atoms with Crippen molar-refractivity contribution in [3.63, 3.8) is 0 Å². The molecule has 4 heteroatoms. The molecule has 66 valence electrons. The van der Waals surface area contributed by atoms with Gasteiger partial charge in [0.25, 0.3) is 5.92 Å². The molecule has 0 fully saturated rings. The van der Waals surface area contributed by atoms with Crippen LogP contribution in [0.2, 0.25) is 5.02 Å². The molecule has 0 unspecified atom stereocenters.